The smallest absolute Gasteiger partial charge is 0.117 e. The van der Waals surface area contributed by atoms with Gasteiger partial charge in [0.2, 0.25) is 0 Å². The first-order valence-corrected chi connectivity index (χ1v) is 5.22. The summed E-state index contributed by atoms with van der Waals surface area (Å²) in [6.07, 6.45) is 1.72. The highest BCUT2D eigenvalue weighted by Crippen LogP contribution is 2.62. The van der Waals surface area contributed by atoms with E-state index in [1.165, 1.54) is 0 Å². The molecule has 14 heavy (non-hydrogen) atoms. The lowest BCUT2D eigenvalue weighted by molar-refractivity contribution is 0.457. The van der Waals surface area contributed by atoms with Gasteiger partial charge in [0.05, 0.1) is 12.8 Å². The minimum absolute atomic E-state index is 0.402. The molecule has 1 saturated carbocycles. The summed E-state index contributed by atoms with van der Waals surface area (Å²) in [5.41, 5.74) is 0.805. The third-order valence-electron chi connectivity index (χ3n) is 4.08. The van der Waals surface area contributed by atoms with E-state index < -0.39 is 0 Å². The largest absolute Gasteiger partial charge is 0.468 e. The van der Waals surface area contributed by atoms with Crippen LogP contribution in [0.25, 0.3) is 0 Å². The number of hydrogen-bond donors (Lipinski definition) is 1. The van der Waals surface area contributed by atoms with Gasteiger partial charge in [-0.15, -0.1) is 0 Å². The quantitative estimate of drug-likeness (QED) is 0.798. The minimum atomic E-state index is 0.402. The van der Waals surface area contributed by atoms with Crippen molar-refractivity contribution in [1.29, 1.82) is 0 Å². The molecule has 1 aromatic rings. The predicted molar refractivity (Wildman–Crippen MR) is 56.9 cm³/mol. The van der Waals surface area contributed by atoms with Crippen molar-refractivity contribution >= 4 is 0 Å². The molecule has 0 amide bonds. The van der Waals surface area contributed by atoms with Crippen LogP contribution in [0.4, 0.5) is 0 Å². The molecule has 0 atom stereocenters. The standard InChI is InChI=1S/C12H19NO/c1-11(2)10(12(11,3)4)13-8-9-6-5-7-14-9/h5-7,10,13H,8H2,1-4H3. The number of hydrogen-bond acceptors (Lipinski definition) is 2. The summed E-state index contributed by atoms with van der Waals surface area (Å²) in [4.78, 5) is 0. The Morgan fingerprint density at radius 3 is 2.36 bits per heavy atom. The minimum Gasteiger partial charge on any atom is -0.468 e. The van der Waals surface area contributed by atoms with Crippen molar-refractivity contribution in [2.24, 2.45) is 10.8 Å². The van der Waals surface area contributed by atoms with Crippen molar-refractivity contribution in [3.8, 4) is 0 Å². The summed E-state index contributed by atoms with van der Waals surface area (Å²) in [5.74, 6) is 1.02. The third-order valence-corrected chi connectivity index (χ3v) is 4.08. The first-order chi connectivity index (χ1) is 6.46. The van der Waals surface area contributed by atoms with Crippen LogP contribution < -0.4 is 5.32 Å². The lowest BCUT2D eigenvalue weighted by Crippen LogP contribution is -2.21. The van der Waals surface area contributed by atoms with Crippen molar-refractivity contribution in [3.63, 3.8) is 0 Å². The highest BCUT2D eigenvalue weighted by atomic mass is 16.3. The first kappa shape index (κ1) is 9.78. The van der Waals surface area contributed by atoms with Gasteiger partial charge in [0.25, 0.3) is 0 Å². The van der Waals surface area contributed by atoms with Gasteiger partial charge >= 0.3 is 0 Å². The maximum Gasteiger partial charge on any atom is 0.117 e. The number of nitrogens with one attached hydrogen (secondary N) is 1. The zero-order valence-corrected chi connectivity index (χ0v) is 9.42. The molecule has 1 fully saturated rings. The Bertz CT molecular complexity index is 297. The Morgan fingerprint density at radius 1 is 1.29 bits per heavy atom. The Labute approximate surface area is 85.7 Å². The Kier molecular flexibility index (Phi) is 2.00. The van der Waals surface area contributed by atoms with E-state index in [0.717, 1.165) is 12.3 Å². The van der Waals surface area contributed by atoms with Crippen molar-refractivity contribution in [3.05, 3.63) is 24.2 Å². The predicted octanol–water partition coefficient (Wildman–Crippen LogP) is 2.80. The third kappa shape index (κ3) is 1.29. The fourth-order valence-corrected chi connectivity index (χ4v) is 2.32. The van der Waals surface area contributed by atoms with E-state index in [0.29, 0.717) is 16.9 Å². The molecule has 0 saturated heterocycles. The molecule has 0 unspecified atom stereocenters. The van der Waals surface area contributed by atoms with Gasteiger partial charge in [-0.05, 0) is 23.0 Å². The fourth-order valence-electron chi connectivity index (χ4n) is 2.32. The summed E-state index contributed by atoms with van der Waals surface area (Å²) >= 11 is 0. The first-order valence-electron chi connectivity index (χ1n) is 5.22. The summed E-state index contributed by atoms with van der Waals surface area (Å²) in [6.45, 7) is 10.1. The van der Waals surface area contributed by atoms with Crippen molar-refractivity contribution < 1.29 is 4.42 Å². The second-order valence-corrected chi connectivity index (χ2v) is 5.34. The molecule has 0 spiro atoms. The Morgan fingerprint density at radius 2 is 1.93 bits per heavy atom. The van der Waals surface area contributed by atoms with Gasteiger partial charge < -0.3 is 9.73 Å². The highest BCUT2D eigenvalue weighted by molar-refractivity contribution is 5.18. The van der Waals surface area contributed by atoms with Crippen LogP contribution in [0.5, 0.6) is 0 Å². The van der Waals surface area contributed by atoms with Gasteiger partial charge in [-0.2, -0.15) is 0 Å². The average molecular weight is 193 g/mol. The molecule has 2 heteroatoms. The molecule has 0 aromatic carbocycles. The van der Waals surface area contributed by atoms with Gasteiger partial charge in [-0.3, -0.25) is 0 Å². The molecule has 0 radical (unpaired) electrons. The van der Waals surface area contributed by atoms with E-state index in [1.54, 1.807) is 6.26 Å². The molecule has 0 bridgehead atoms. The summed E-state index contributed by atoms with van der Waals surface area (Å²) in [5, 5.41) is 3.55. The fraction of sp³-hybridized carbons (Fsp3) is 0.667. The molecular formula is C12H19NO. The number of rotatable bonds is 3. The van der Waals surface area contributed by atoms with Gasteiger partial charge in [0.1, 0.15) is 5.76 Å². The SMILES string of the molecule is CC1(C)C(NCc2ccco2)C1(C)C. The monoisotopic (exact) mass is 193 g/mol. The van der Waals surface area contributed by atoms with Crippen molar-refractivity contribution in [2.45, 2.75) is 40.3 Å². The van der Waals surface area contributed by atoms with Gasteiger partial charge in [0.15, 0.2) is 0 Å². The van der Waals surface area contributed by atoms with Gasteiger partial charge in [0, 0.05) is 6.04 Å². The molecule has 1 aliphatic rings. The lowest BCUT2D eigenvalue weighted by Gasteiger charge is -2.03. The van der Waals surface area contributed by atoms with Crippen LogP contribution in [0.15, 0.2) is 22.8 Å². The molecule has 2 nitrogen and oxygen atoms in total. The molecule has 2 rings (SSSR count). The van der Waals surface area contributed by atoms with E-state index >= 15 is 0 Å². The second-order valence-electron chi connectivity index (χ2n) is 5.34. The number of furan rings is 1. The Hall–Kier alpha value is -0.760. The molecule has 1 aliphatic carbocycles. The highest BCUT2D eigenvalue weighted by Gasteiger charge is 2.64. The van der Waals surface area contributed by atoms with Crippen molar-refractivity contribution in [1.82, 2.24) is 5.32 Å². The molecule has 1 heterocycles. The summed E-state index contributed by atoms with van der Waals surface area (Å²) in [6, 6.07) is 4.54. The Balaban J connectivity index is 1.90. The van der Waals surface area contributed by atoms with Crippen LogP contribution in [-0.2, 0) is 6.54 Å². The molecule has 1 N–H and O–H groups in total. The van der Waals surface area contributed by atoms with Crippen LogP contribution in [0.3, 0.4) is 0 Å². The van der Waals surface area contributed by atoms with Crippen LogP contribution >= 0.6 is 0 Å². The molecule has 78 valence electrons. The van der Waals surface area contributed by atoms with Crippen LogP contribution in [0.1, 0.15) is 33.5 Å². The van der Waals surface area contributed by atoms with Gasteiger partial charge in [-0.25, -0.2) is 0 Å². The zero-order chi connectivity index (χ0) is 10.4. The molecular weight excluding hydrogens is 174 g/mol. The van der Waals surface area contributed by atoms with E-state index in [2.05, 4.69) is 33.0 Å². The summed E-state index contributed by atoms with van der Waals surface area (Å²) in [7, 11) is 0. The normalized spacial score (nSPS) is 23.7. The van der Waals surface area contributed by atoms with Gasteiger partial charge in [-0.1, -0.05) is 27.7 Å². The van der Waals surface area contributed by atoms with Crippen LogP contribution in [0, 0.1) is 10.8 Å². The van der Waals surface area contributed by atoms with E-state index in [-0.39, 0.29) is 0 Å². The lowest BCUT2D eigenvalue weighted by atomic mass is 10.0. The van der Waals surface area contributed by atoms with Crippen LogP contribution in [-0.4, -0.2) is 6.04 Å². The maximum atomic E-state index is 5.29. The van der Waals surface area contributed by atoms with Crippen LogP contribution in [0.2, 0.25) is 0 Å². The van der Waals surface area contributed by atoms with E-state index in [4.69, 9.17) is 4.42 Å². The van der Waals surface area contributed by atoms with E-state index in [1.807, 2.05) is 12.1 Å². The summed E-state index contributed by atoms with van der Waals surface area (Å²) < 4.78 is 5.29. The molecule has 1 aromatic heterocycles. The zero-order valence-electron chi connectivity index (χ0n) is 9.42. The molecule has 0 aliphatic heterocycles. The average Bonchev–Trinajstić information content (AvgIpc) is 2.54. The van der Waals surface area contributed by atoms with Crippen molar-refractivity contribution in [2.75, 3.05) is 0 Å². The maximum absolute atomic E-state index is 5.29. The topological polar surface area (TPSA) is 25.2 Å². The van der Waals surface area contributed by atoms with E-state index in [9.17, 15) is 0 Å². The second kappa shape index (κ2) is 2.86.